The predicted molar refractivity (Wildman–Crippen MR) is 127 cm³/mol. The number of ether oxygens (including phenoxy) is 1. The van der Waals surface area contributed by atoms with Crippen LogP contribution in [0.3, 0.4) is 0 Å². The topological polar surface area (TPSA) is 109 Å². The summed E-state index contributed by atoms with van der Waals surface area (Å²) in [5.41, 5.74) is 4.78. The zero-order valence-electron chi connectivity index (χ0n) is 18.4. The number of halogens is 1. The summed E-state index contributed by atoms with van der Waals surface area (Å²) in [6.45, 7) is 1.73. The van der Waals surface area contributed by atoms with Gasteiger partial charge >= 0.3 is 11.8 Å². The molecule has 0 unspecified atom stereocenters. The zero-order chi connectivity index (χ0) is 24.3. The highest BCUT2D eigenvalue weighted by Crippen LogP contribution is 2.15. The van der Waals surface area contributed by atoms with Crippen molar-refractivity contribution < 1.29 is 23.5 Å². The number of nitrogens with one attached hydrogen (secondary N) is 3. The van der Waals surface area contributed by atoms with Crippen molar-refractivity contribution in [1.82, 2.24) is 5.43 Å². The average molecular weight is 462 g/mol. The van der Waals surface area contributed by atoms with Crippen LogP contribution in [0.5, 0.6) is 5.75 Å². The Labute approximate surface area is 195 Å². The number of rotatable bonds is 8. The maximum atomic E-state index is 12.9. The minimum absolute atomic E-state index is 0.225. The molecule has 0 aromatic heterocycles. The molecule has 8 nitrogen and oxygen atoms in total. The number of anilines is 2. The van der Waals surface area contributed by atoms with E-state index in [4.69, 9.17) is 4.74 Å². The Hall–Kier alpha value is -4.53. The summed E-state index contributed by atoms with van der Waals surface area (Å²) in [5, 5.41) is 8.95. The lowest BCUT2D eigenvalue weighted by molar-refractivity contribution is -0.136. The van der Waals surface area contributed by atoms with Crippen molar-refractivity contribution in [2.45, 2.75) is 13.3 Å². The normalized spacial score (nSPS) is 10.5. The minimum Gasteiger partial charge on any atom is -0.484 e. The zero-order valence-corrected chi connectivity index (χ0v) is 18.4. The van der Waals surface area contributed by atoms with E-state index in [1.807, 2.05) is 19.1 Å². The molecule has 0 heterocycles. The molecule has 0 aliphatic heterocycles. The number of amides is 3. The van der Waals surface area contributed by atoms with Crippen LogP contribution in [-0.4, -0.2) is 30.5 Å². The fourth-order valence-electron chi connectivity index (χ4n) is 2.88. The first-order valence-corrected chi connectivity index (χ1v) is 10.4. The molecule has 9 heteroatoms. The Bertz CT molecular complexity index is 1180. The van der Waals surface area contributed by atoms with Crippen LogP contribution in [0.4, 0.5) is 15.8 Å². The van der Waals surface area contributed by atoms with Crippen molar-refractivity contribution in [2.75, 3.05) is 17.2 Å². The van der Waals surface area contributed by atoms with Crippen LogP contribution in [0.25, 0.3) is 0 Å². The summed E-state index contributed by atoms with van der Waals surface area (Å²) < 4.78 is 18.3. The second-order valence-electron chi connectivity index (χ2n) is 7.08. The largest absolute Gasteiger partial charge is 0.484 e. The minimum atomic E-state index is -0.894. The molecule has 0 aliphatic rings. The van der Waals surface area contributed by atoms with Gasteiger partial charge in [0.15, 0.2) is 6.61 Å². The number of hydrogen-bond acceptors (Lipinski definition) is 5. The predicted octanol–water partition coefficient (Wildman–Crippen LogP) is 3.49. The Morgan fingerprint density at radius 1 is 0.912 bits per heavy atom. The van der Waals surface area contributed by atoms with Gasteiger partial charge in [-0.15, -0.1) is 0 Å². The molecule has 34 heavy (non-hydrogen) atoms. The Morgan fingerprint density at radius 2 is 1.62 bits per heavy atom. The number of carbonyl (C=O) groups is 3. The number of para-hydroxylation sites is 1. The van der Waals surface area contributed by atoms with E-state index >= 15 is 0 Å². The van der Waals surface area contributed by atoms with Gasteiger partial charge in [0.05, 0.1) is 6.21 Å². The molecule has 3 N–H and O–H groups in total. The molecule has 3 amide bonds. The number of carbonyl (C=O) groups excluding carboxylic acids is 3. The average Bonchev–Trinajstić information content (AvgIpc) is 2.85. The fraction of sp³-hybridized carbons (Fsp3) is 0.120. The SMILES string of the molecule is CCc1ccccc1NC(=O)C(=O)N/N=C\c1ccc(OCC(=O)Nc2ccc(F)cc2)cc1. The van der Waals surface area contributed by atoms with Crippen LogP contribution < -0.4 is 20.8 Å². The third kappa shape index (κ3) is 7.27. The van der Waals surface area contributed by atoms with Crippen molar-refractivity contribution in [3.63, 3.8) is 0 Å². The van der Waals surface area contributed by atoms with Gasteiger partial charge < -0.3 is 15.4 Å². The van der Waals surface area contributed by atoms with Gasteiger partial charge in [0.2, 0.25) is 0 Å². The molecule has 0 radical (unpaired) electrons. The molecule has 3 rings (SSSR count). The summed E-state index contributed by atoms with van der Waals surface area (Å²) in [4.78, 5) is 36.0. The van der Waals surface area contributed by atoms with Gasteiger partial charge in [-0.2, -0.15) is 5.10 Å². The molecule has 0 saturated carbocycles. The van der Waals surface area contributed by atoms with E-state index in [0.29, 0.717) is 22.7 Å². The van der Waals surface area contributed by atoms with Crippen molar-refractivity contribution in [3.05, 3.63) is 89.7 Å². The quantitative estimate of drug-likeness (QED) is 0.270. The van der Waals surface area contributed by atoms with Gasteiger partial charge in [0, 0.05) is 11.4 Å². The molecular weight excluding hydrogens is 439 g/mol. The molecule has 0 aliphatic carbocycles. The third-order valence-corrected chi connectivity index (χ3v) is 4.61. The van der Waals surface area contributed by atoms with Crippen LogP contribution >= 0.6 is 0 Å². The lowest BCUT2D eigenvalue weighted by Crippen LogP contribution is -2.32. The van der Waals surface area contributed by atoms with E-state index < -0.39 is 17.6 Å². The first-order chi connectivity index (χ1) is 16.4. The van der Waals surface area contributed by atoms with Crippen molar-refractivity contribution >= 4 is 35.3 Å². The van der Waals surface area contributed by atoms with Crippen LogP contribution in [0.1, 0.15) is 18.1 Å². The van der Waals surface area contributed by atoms with Crippen LogP contribution in [0.2, 0.25) is 0 Å². The highest BCUT2D eigenvalue weighted by molar-refractivity contribution is 6.39. The lowest BCUT2D eigenvalue weighted by atomic mass is 10.1. The maximum Gasteiger partial charge on any atom is 0.329 e. The number of benzene rings is 3. The summed E-state index contributed by atoms with van der Waals surface area (Å²) in [7, 11) is 0. The third-order valence-electron chi connectivity index (χ3n) is 4.61. The molecule has 3 aromatic carbocycles. The number of nitrogens with zero attached hydrogens (tertiary/aromatic N) is 1. The summed E-state index contributed by atoms with van der Waals surface area (Å²) >= 11 is 0. The molecular formula is C25H23FN4O4. The van der Waals surface area contributed by atoms with Gasteiger partial charge in [-0.1, -0.05) is 25.1 Å². The van der Waals surface area contributed by atoms with Gasteiger partial charge in [-0.3, -0.25) is 14.4 Å². The molecule has 0 spiro atoms. The fourth-order valence-corrected chi connectivity index (χ4v) is 2.88. The van der Waals surface area contributed by atoms with Crippen molar-refractivity contribution in [1.29, 1.82) is 0 Å². The highest BCUT2D eigenvalue weighted by atomic mass is 19.1. The first-order valence-electron chi connectivity index (χ1n) is 10.4. The Balaban J connectivity index is 1.44. The highest BCUT2D eigenvalue weighted by Gasteiger charge is 2.14. The summed E-state index contributed by atoms with van der Waals surface area (Å²) in [6, 6.07) is 19.2. The summed E-state index contributed by atoms with van der Waals surface area (Å²) in [6.07, 6.45) is 2.09. The van der Waals surface area contributed by atoms with Crippen molar-refractivity contribution in [3.8, 4) is 5.75 Å². The maximum absolute atomic E-state index is 12.9. The van der Waals surface area contributed by atoms with E-state index in [1.165, 1.54) is 30.5 Å². The number of hydrazone groups is 1. The van der Waals surface area contributed by atoms with E-state index in [9.17, 15) is 18.8 Å². The van der Waals surface area contributed by atoms with Gasteiger partial charge in [0.1, 0.15) is 11.6 Å². The van der Waals surface area contributed by atoms with Crippen LogP contribution in [0, 0.1) is 5.82 Å². The van der Waals surface area contributed by atoms with Crippen LogP contribution in [0.15, 0.2) is 77.9 Å². The van der Waals surface area contributed by atoms with E-state index in [0.717, 1.165) is 12.0 Å². The smallest absolute Gasteiger partial charge is 0.329 e. The standard InChI is InChI=1S/C25H23FN4O4/c1-2-18-5-3-4-6-22(18)29-24(32)25(33)30-27-15-17-7-13-21(14-8-17)34-16-23(31)28-20-11-9-19(26)10-12-20/h3-15H,2,16H2,1H3,(H,28,31)(H,29,32)(H,30,33)/b27-15-. The molecule has 0 bridgehead atoms. The summed E-state index contributed by atoms with van der Waals surface area (Å²) in [5.74, 6) is -2.04. The van der Waals surface area contributed by atoms with E-state index in [-0.39, 0.29) is 12.5 Å². The molecule has 0 fully saturated rings. The lowest BCUT2D eigenvalue weighted by Gasteiger charge is -2.08. The molecule has 3 aromatic rings. The van der Waals surface area contributed by atoms with Crippen LogP contribution in [-0.2, 0) is 20.8 Å². The Kier molecular flexibility index (Phi) is 8.45. The van der Waals surface area contributed by atoms with Gasteiger partial charge in [0.25, 0.3) is 5.91 Å². The number of hydrogen-bond donors (Lipinski definition) is 3. The first kappa shape index (κ1) is 24.1. The second-order valence-corrected chi connectivity index (χ2v) is 7.08. The Morgan fingerprint density at radius 3 is 2.32 bits per heavy atom. The second kappa shape index (κ2) is 11.9. The monoisotopic (exact) mass is 462 g/mol. The number of aryl methyl sites for hydroxylation is 1. The molecule has 0 atom stereocenters. The molecule has 0 saturated heterocycles. The van der Waals surface area contributed by atoms with Gasteiger partial charge in [-0.05, 0) is 72.1 Å². The van der Waals surface area contributed by atoms with E-state index in [1.54, 1.807) is 36.4 Å². The van der Waals surface area contributed by atoms with E-state index in [2.05, 4.69) is 21.2 Å². The molecule has 174 valence electrons. The van der Waals surface area contributed by atoms with Crippen molar-refractivity contribution in [2.24, 2.45) is 5.10 Å². The van der Waals surface area contributed by atoms with Gasteiger partial charge in [-0.25, -0.2) is 9.82 Å².